The van der Waals surface area contributed by atoms with Crippen LogP contribution in [0.3, 0.4) is 0 Å². The van der Waals surface area contributed by atoms with Gasteiger partial charge in [-0.1, -0.05) is 42.5 Å². The molecule has 1 fully saturated rings. The molecule has 1 heterocycles. The van der Waals surface area contributed by atoms with Gasteiger partial charge in [0.05, 0.1) is 16.2 Å². The van der Waals surface area contributed by atoms with Gasteiger partial charge in [-0.25, -0.2) is 4.99 Å². The average molecular weight is 305 g/mol. The molecule has 1 N–H and O–H groups in total. The fraction of sp³-hybridized carbons (Fsp3) is 0. The zero-order valence-corrected chi connectivity index (χ0v) is 12.3. The van der Waals surface area contributed by atoms with Crippen molar-refractivity contribution in [2.75, 3.05) is 0 Å². The maximum absolute atomic E-state index is 12.0. The zero-order chi connectivity index (χ0) is 15.4. The number of benzene rings is 2. The molecule has 1 aliphatic rings. The number of thioether (sulfide) groups is 1. The molecule has 3 rings (SSSR count). The summed E-state index contributed by atoms with van der Waals surface area (Å²) in [5, 5.41) is 12.3. The maximum atomic E-state index is 12.0. The Morgan fingerprint density at radius 2 is 1.82 bits per heavy atom. The minimum absolute atomic E-state index is 0.179. The SMILES string of the molecule is N#Cc1ccccc1N=C1NC(=O)/C(=C/c2ccccc2)S1. The van der Waals surface area contributed by atoms with E-state index in [4.69, 9.17) is 5.26 Å². The lowest BCUT2D eigenvalue weighted by Gasteiger charge is -1.98. The summed E-state index contributed by atoms with van der Waals surface area (Å²) in [5.74, 6) is -0.179. The number of hydrogen-bond acceptors (Lipinski definition) is 4. The van der Waals surface area contributed by atoms with Crippen molar-refractivity contribution in [2.24, 2.45) is 4.99 Å². The molecule has 0 aliphatic carbocycles. The number of amidine groups is 1. The Kier molecular flexibility index (Phi) is 4.03. The summed E-state index contributed by atoms with van der Waals surface area (Å²) >= 11 is 1.27. The highest BCUT2D eigenvalue weighted by atomic mass is 32.2. The Morgan fingerprint density at radius 1 is 1.09 bits per heavy atom. The number of carbonyl (C=O) groups excluding carboxylic acids is 1. The number of para-hydroxylation sites is 1. The van der Waals surface area contributed by atoms with Crippen LogP contribution in [0.25, 0.3) is 6.08 Å². The molecular weight excluding hydrogens is 294 g/mol. The van der Waals surface area contributed by atoms with E-state index in [0.717, 1.165) is 5.56 Å². The third kappa shape index (κ3) is 3.08. The minimum Gasteiger partial charge on any atom is -0.300 e. The van der Waals surface area contributed by atoms with Crippen molar-refractivity contribution in [1.29, 1.82) is 5.26 Å². The van der Waals surface area contributed by atoms with Crippen LogP contribution >= 0.6 is 11.8 Å². The molecule has 0 radical (unpaired) electrons. The lowest BCUT2D eigenvalue weighted by Crippen LogP contribution is -2.19. The predicted molar refractivity (Wildman–Crippen MR) is 88.4 cm³/mol. The molecule has 0 saturated carbocycles. The lowest BCUT2D eigenvalue weighted by molar-refractivity contribution is -0.115. The van der Waals surface area contributed by atoms with Gasteiger partial charge in [0, 0.05) is 0 Å². The molecule has 1 saturated heterocycles. The van der Waals surface area contributed by atoms with Crippen molar-refractivity contribution >= 4 is 34.6 Å². The summed E-state index contributed by atoms with van der Waals surface area (Å²) in [7, 11) is 0. The lowest BCUT2D eigenvalue weighted by atomic mass is 10.2. The quantitative estimate of drug-likeness (QED) is 0.864. The Bertz CT molecular complexity index is 819. The summed E-state index contributed by atoms with van der Waals surface area (Å²) in [6.07, 6.45) is 1.82. The van der Waals surface area contributed by atoms with E-state index in [9.17, 15) is 4.79 Å². The van der Waals surface area contributed by atoms with Gasteiger partial charge in [0.2, 0.25) is 0 Å². The van der Waals surface area contributed by atoms with Crippen LogP contribution in [0.5, 0.6) is 0 Å². The fourth-order valence-electron chi connectivity index (χ4n) is 1.96. The van der Waals surface area contributed by atoms with Crippen LogP contribution in [0.15, 0.2) is 64.5 Å². The van der Waals surface area contributed by atoms with Gasteiger partial charge in [-0.15, -0.1) is 0 Å². The van der Waals surface area contributed by atoms with E-state index < -0.39 is 0 Å². The number of nitriles is 1. The van der Waals surface area contributed by atoms with Crippen LogP contribution in [0.4, 0.5) is 5.69 Å². The molecule has 106 valence electrons. The van der Waals surface area contributed by atoms with Gasteiger partial charge in [0.25, 0.3) is 5.91 Å². The number of carbonyl (C=O) groups is 1. The zero-order valence-electron chi connectivity index (χ0n) is 11.5. The van der Waals surface area contributed by atoms with Crippen LogP contribution < -0.4 is 5.32 Å². The second-order valence-corrected chi connectivity index (χ2v) is 5.55. The van der Waals surface area contributed by atoms with E-state index in [1.807, 2.05) is 42.5 Å². The number of nitrogens with zero attached hydrogens (tertiary/aromatic N) is 2. The van der Waals surface area contributed by atoms with Gasteiger partial charge in [0.15, 0.2) is 5.17 Å². The first-order valence-corrected chi connectivity index (χ1v) is 7.42. The van der Waals surface area contributed by atoms with Gasteiger partial charge in [-0.05, 0) is 35.5 Å². The van der Waals surface area contributed by atoms with Crippen LogP contribution in [-0.2, 0) is 4.79 Å². The highest BCUT2D eigenvalue weighted by Crippen LogP contribution is 2.28. The summed E-state index contributed by atoms with van der Waals surface area (Å²) < 4.78 is 0. The van der Waals surface area contributed by atoms with Crippen molar-refractivity contribution < 1.29 is 4.79 Å². The molecule has 4 nitrogen and oxygen atoms in total. The van der Waals surface area contributed by atoms with E-state index in [0.29, 0.717) is 21.3 Å². The Morgan fingerprint density at radius 3 is 2.59 bits per heavy atom. The highest BCUT2D eigenvalue weighted by molar-refractivity contribution is 8.18. The highest BCUT2D eigenvalue weighted by Gasteiger charge is 2.23. The summed E-state index contributed by atoms with van der Waals surface area (Å²) in [6, 6.07) is 18.7. The molecule has 0 unspecified atom stereocenters. The first kappa shape index (κ1) is 14.1. The van der Waals surface area contributed by atoms with Crippen molar-refractivity contribution in [3.05, 3.63) is 70.6 Å². The standard InChI is InChI=1S/C17H11N3OS/c18-11-13-8-4-5-9-14(13)19-17-20-16(21)15(22-17)10-12-6-2-1-3-7-12/h1-10H,(H,19,20,21)/b15-10-. The average Bonchev–Trinajstić information content (AvgIpc) is 2.88. The summed E-state index contributed by atoms with van der Waals surface area (Å²) in [4.78, 5) is 16.9. The van der Waals surface area contributed by atoms with E-state index in [1.54, 1.807) is 18.2 Å². The summed E-state index contributed by atoms with van der Waals surface area (Å²) in [5.41, 5.74) is 1.98. The molecule has 5 heteroatoms. The van der Waals surface area contributed by atoms with Gasteiger partial charge >= 0.3 is 0 Å². The second kappa shape index (κ2) is 6.29. The van der Waals surface area contributed by atoms with E-state index in [1.165, 1.54) is 11.8 Å². The topological polar surface area (TPSA) is 65.2 Å². The molecule has 0 bridgehead atoms. The Hall–Kier alpha value is -2.84. The van der Waals surface area contributed by atoms with Crippen molar-refractivity contribution in [2.45, 2.75) is 0 Å². The van der Waals surface area contributed by atoms with Gasteiger partial charge < -0.3 is 5.32 Å². The Balaban J connectivity index is 1.88. The first-order chi connectivity index (χ1) is 10.8. The monoisotopic (exact) mass is 305 g/mol. The second-order valence-electron chi connectivity index (χ2n) is 4.52. The van der Waals surface area contributed by atoms with Crippen molar-refractivity contribution in [3.63, 3.8) is 0 Å². The molecule has 2 aromatic carbocycles. The largest absolute Gasteiger partial charge is 0.300 e. The van der Waals surface area contributed by atoms with Gasteiger partial charge in [-0.3, -0.25) is 4.79 Å². The molecule has 2 aromatic rings. The molecule has 0 aromatic heterocycles. The van der Waals surface area contributed by atoms with Gasteiger partial charge in [-0.2, -0.15) is 5.26 Å². The van der Waals surface area contributed by atoms with E-state index in [2.05, 4.69) is 16.4 Å². The minimum atomic E-state index is -0.179. The third-order valence-electron chi connectivity index (χ3n) is 2.99. The fourth-order valence-corrected chi connectivity index (χ4v) is 2.79. The molecule has 0 atom stereocenters. The molecule has 0 spiro atoms. The molecule has 1 aliphatic heterocycles. The van der Waals surface area contributed by atoms with Crippen molar-refractivity contribution in [1.82, 2.24) is 5.32 Å². The number of amides is 1. The summed E-state index contributed by atoms with van der Waals surface area (Å²) in [6.45, 7) is 0. The predicted octanol–water partition coefficient (Wildman–Crippen LogP) is 3.45. The number of nitrogens with one attached hydrogen (secondary N) is 1. The Labute approximate surface area is 132 Å². The van der Waals surface area contributed by atoms with E-state index in [-0.39, 0.29) is 5.91 Å². The van der Waals surface area contributed by atoms with Crippen molar-refractivity contribution in [3.8, 4) is 6.07 Å². The molecular formula is C17H11N3OS. The third-order valence-corrected chi connectivity index (χ3v) is 3.90. The van der Waals surface area contributed by atoms with E-state index >= 15 is 0 Å². The number of hydrogen-bond donors (Lipinski definition) is 1. The normalized spacial score (nSPS) is 17.5. The smallest absolute Gasteiger partial charge is 0.264 e. The van der Waals surface area contributed by atoms with Crippen LogP contribution in [0.1, 0.15) is 11.1 Å². The first-order valence-electron chi connectivity index (χ1n) is 6.60. The van der Waals surface area contributed by atoms with Crippen LogP contribution in [0, 0.1) is 11.3 Å². The molecule has 1 amide bonds. The molecule has 22 heavy (non-hydrogen) atoms. The number of aliphatic imine (C=N–C) groups is 1. The number of rotatable bonds is 2. The van der Waals surface area contributed by atoms with Crippen LogP contribution in [-0.4, -0.2) is 11.1 Å². The maximum Gasteiger partial charge on any atom is 0.264 e. The van der Waals surface area contributed by atoms with Gasteiger partial charge in [0.1, 0.15) is 6.07 Å². The van der Waals surface area contributed by atoms with Crippen LogP contribution in [0.2, 0.25) is 0 Å².